The number of hydrogen-bond donors (Lipinski definition) is 0. The molecule has 1 aliphatic heterocycles. The van der Waals surface area contributed by atoms with Crippen molar-refractivity contribution in [2.45, 2.75) is 24.4 Å². The van der Waals surface area contributed by atoms with Crippen molar-refractivity contribution >= 4 is 34.7 Å². The van der Waals surface area contributed by atoms with Gasteiger partial charge in [0.25, 0.3) is 6.43 Å². The normalized spacial score (nSPS) is 16.7. The molecular formula is C14H10F6N2O4S. The van der Waals surface area contributed by atoms with E-state index in [0.29, 0.717) is 12.1 Å². The molecule has 0 bridgehead atoms. The Balaban J connectivity index is 2.46. The van der Waals surface area contributed by atoms with Gasteiger partial charge in [-0.1, -0.05) is 0 Å². The summed E-state index contributed by atoms with van der Waals surface area (Å²) in [6.45, 7) is -0.265. The van der Waals surface area contributed by atoms with Crippen molar-refractivity contribution in [1.82, 2.24) is 4.90 Å². The highest BCUT2D eigenvalue weighted by molar-refractivity contribution is 7.91. The summed E-state index contributed by atoms with van der Waals surface area (Å²) in [6.07, 6.45) is -7.97. The van der Waals surface area contributed by atoms with Crippen LogP contribution < -0.4 is 4.90 Å². The second-order valence-corrected chi connectivity index (χ2v) is 6.82. The molecule has 1 aromatic carbocycles. The Bertz CT molecular complexity index is 801. The van der Waals surface area contributed by atoms with Crippen LogP contribution in [0.4, 0.5) is 36.8 Å². The minimum Gasteiger partial charge on any atom is -0.611 e. The van der Waals surface area contributed by atoms with E-state index >= 15 is 0 Å². The van der Waals surface area contributed by atoms with Crippen molar-refractivity contribution < 1.29 is 45.3 Å². The fourth-order valence-electron chi connectivity index (χ4n) is 2.30. The number of amides is 4. The van der Waals surface area contributed by atoms with E-state index in [1.54, 1.807) is 0 Å². The fraction of sp³-hybridized carbons (Fsp3) is 0.357. The van der Waals surface area contributed by atoms with Crippen LogP contribution in [0.25, 0.3) is 0 Å². The van der Waals surface area contributed by atoms with Crippen LogP contribution in [0.15, 0.2) is 17.0 Å². The molecule has 0 N–H and O–H groups in total. The summed E-state index contributed by atoms with van der Waals surface area (Å²) in [5, 5.41) is 0. The van der Waals surface area contributed by atoms with Gasteiger partial charge in [-0.25, -0.2) is 27.8 Å². The molecule has 4 amide bonds. The largest absolute Gasteiger partial charge is 0.611 e. The minimum atomic E-state index is -4.81. The number of imide groups is 2. The highest BCUT2D eigenvalue weighted by Crippen LogP contribution is 2.32. The monoisotopic (exact) mass is 416 g/mol. The summed E-state index contributed by atoms with van der Waals surface area (Å²) in [4.78, 5) is 34.9. The van der Waals surface area contributed by atoms with Gasteiger partial charge in [0.1, 0.15) is 5.82 Å². The Kier molecular flexibility index (Phi) is 5.75. The number of benzene rings is 1. The molecule has 1 aromatic rings. The zero-order valence-electron chi connectivity index (χ0n) is 13.3. The van der Waals surface area contributed by atoms with Crippen molar-refractivity contribution in [3.8, 4) is 0 Å². The molecule has 0 saturated carbocycles. The zero-order valence-corrected chi connectivity index (χ0v) is 14.2. The number of rotatable bonds is 5. The van der Waals surface area contributed by atoms with E-state index in [-0.39, 0.29) is 15.4 Å². The van der Waals surface area contributed by atoms with E-state index in [1.165, 1.54) is 0 Å². The Morgan fingerprint density at radius 3 is 2.26 bits per heavy atom. The summed E-state index contributed by atoms with van der Waals surface area (Å²) in [5.74, 6) is -6.35. The molecule has 1 saturated heterocycles. The number of carbonyl (C=O) groups excluding carboxylic acids is 3. The first-order chi connectivity index (χ1) is 12.3. The number of nitrogens with zero attached hydrogens (tertiary/aromatic N) is 2. The summed E-state index contributed by atoms with van der Waals surface area (Å²) in [6, 6.07) is -0.401. The van der Waals surface area contributed by atoms with Crippen molar-refractivity contribution in [2.75, 3.05) is 17.2 Å². The molecule has 148 valence electrons. The van der Waals surface area contributed by atoms with E-state index in [1.807, 2.05) is 0 Å². The molecule has 1 unspecified atom stereocenters. The second-order valence-electron chi connectivity index (χ2n) is 5.40. The number of alkyl halides is 5. The highest BCUT2D eigenvalue weighted by Gasteiger charge is 2.47. The maximum Gasteiger partial charge on any atom is 0.433 e. The summed E-state index contributed by atoms with van der Waals surface area (Å²) >= 11 is -2.69. The van der Waals surface area contributed by atoms with Crippen LogP contribution in [0.2, 0.25) is 0 Å². The maximum absolute atomic E-state index is 14.2. The van der Waals surface area contributed by atoms with E-state index in [4.69, 9.17) is 0 Å². The minimum absolute atomic E-state index is 0.0756. The van der Waals surface area contributed by atoms with Gasteiger partial charge in [0.15, 0.2) is 4.90 Å². The summed E-state index contributed by atoms with van der Waals surface area (Å²) in [7, 11) is 0. The molecule has 13 heteroatoms. The van der Waals surface area contributed by atoms with Gasteiger partial charge in [-0.15, -0.1) is 0 Å². The van der Waals surface area contributed by atoms with Gasteiger partial charge in [0.05, 0.1) is 12.2 Å². The fourth-order valence-corrected chi connectivity index (χ4v) is 3.42. The Hall–Kier alpha value is -2.28. The maximum atomic E-state index is 14.2. The summed E-state index contributed by atoms with van der Waals surface area (Å²) < 4.78 is 88.3. The number of anilines is 1. The number of aryl methyl sites for hydroxylation is 1. The van der Waals surface area contributed by atoms with Crippen LogP contribution >= 0.6 is 0 Å². The average molecular weight is 416 g/mol. The van der Waals surface area contributed by atoms with Crippen LogP contribution in [0, 0.1) is 12.7 Å². The van der Waals surface area contributed by atoms with Gasteiger partial charge < -0.3 is 4.55 Å². The number of carbonyl (C=O) groups is 3. The molecule has 0 spiro atoms. The first-order valence-electron chi connectivity index (χ1n) is 7.06. The predicted octanol–water partition coefficient (Wildman–Crippen LogP) is 2.36. The summed E-state index contributed by atoms with van der Waals surface area (Å²) in [5.41, 5.74) is -1.11. The van der Waals surface area contributed by atoms with Crippen molar-refractivity contribution in [1.29, 1.82) is 0 Å². The molecule has 0 radical (unpaired) electrons. The topological polar surface area (TPSA) is 80.8 Å². The molecule has 1 atom stereocenters. The third-order valence-corrected chi connectivity index (χ3v) is 4.92. The second kappa shape index (κ2) is 7.38. The molecular weight excluding hydrogens is 406 g/mol. The lowest BCUT2D eigenvalue weighted by atomic mass is 10.2. The van der Waals surface area contributed by atoms with Crippen LogP contribution in [-0.4, -0.2) is 52.2 Å². The molecule has 6 nitrogen and oxygen atoms in total. The lowest BCUT2D eigenvalue weighted by Crippen LogP contribution is -2.36. The van der Waals surface area contributed by atoms with Crippen LogP contribution in [0.3, 0.4) is 0 Å². The zero-order chi connectivity index (χ0) is 20.7. The first kappa shape index (κ1) is 21.0. The Labute approximate surface area is 150 Å². The van der Waals surface area contributed by atoms with Crippen LogP contribution in [0.1, 0.15) is 5.56 Å². The van der Waals surface area contributed by atoms with E-state index in [2.05, 4.69) is 0 Å². The molecule has 0 aliphatic carbocycles. The number of halogens is 6. The molecule has 1 fully saturated rings. The van der Waals surface area contributed by atoms with Crippen molar-refractivity contribution in [3.63, 3.8) is 0 Å². The Morgan fingerprint density at radius 2 is 1.74 bits per heavy atom. The Morgan fingerprint density at radius 1 is 1.15 bits per heavy atom. The lowest BCUT2D eigenvalue weighted by Gasteiger charge is -2.19. The van der Waals surface area contributed by atoms with Gasteiger partial charge in [-0.3, -0.25) is 9.59 Å². The van der Waals surface area contributed by atoms with Crippen molar-refractivity contribution in [2.24, 2.45) is 0 Å². The molecule has 0 aromatic heterocycles. The third kappa shape index (κ3) is 4.35. The standard InChI is InChI=1S/C14H10F6N2O4S/c1-6-2-7(15)8(3-9(6)27(26)5-14(18,19)20)22-12(24)11(23)21(13(22)25)4-10(16)17/h2-3,10H,4-5H2,1H3. The van der Waals surface area contributed by atoms with Gasteiger partial charge in [0.2, 0.25) is 5.75 Å². The van der Waals surface area contributed by atoms with E-state index < -0.39 is 70.3 Å². The van der Waals surface area contributed by atoms with Crippen molar-refractivity contribution in [3.05, 3.63) is 23.5 Å². The number of hydrogen-bond acceptors (Lipinski definition) is 4. The van der Waals surface area contributed by atoms with Gasteiger partial charge in [-0.2, -0.15) is 13.2 Å². The van der Waals surface area contributed by atoms with E-state index in [0.717, 1.165) is 6.92 Å². The van der Waals surface area contributed by atoms with E-state index in [9.17, 15) is 45.3 Å². The third-order valence-electron chi connectivity index (χ3n) is 3.40. The van der Waals surface area contributed by atoms with Crippen LogP contribution in [-0.2, 0) is 20.8 Å². The predicted molar refractivity (Wildman–Crippen MR) is 79.1 cm³/mol. The average Bonchev–Trinajstić information content (AvgIpc) is 2.70. The molecule has 27 heavy (non-hydrogen) atoms. The lowest BCUT2D eigenvalue weighted by molar-refractivity contribution is -0.140. The smallest absolute Gasteiger partial charge is 0.433 e. The number of urea groups is 1. The SMILES string of the molecule is Cc1cc(F)c(N2C(=O)C(=O)N(CC(F)F)C2=O)cc1[S+]([O-])CC(F)(F)F. The molecule has 2 rings (SSSR count). The molecule has 1 heterocycles. The quantitative estimate of drug-likeness (QED) is 0.320. The van der Waals surface area contributed by atoms with Gasteiger partial charge >= 0.3 is 24.0 Å². The van der Waals surface area contributed by atoms with Crippen LogP contribution in [0.5, 0.6) is 0 Å². The van der Waals surface area contributed by atoms with Gasteiger partial charge in [-0.05, 0) is 24.2 Å². The van der Waals surface area contributed by atoms with Gasteiger partial charge in [0, 0.05) is 11.6 Å². The molecule has 1 aliphatic rings. The highest BCUT2D eigenvalue weighted by atomic mass is 32.2. The first-order valence-corrected chi connectivity index (χ1v) is 8.38.